The van der Waals surface area contributed by atoms with Crippen molar-refractivity contribution in [1.82, 2.24) is 4.98 Å². The van der Waals surface area contributed by atoms with E-state index >= 15 is 0 Å². The molecule has 0 saturated heterocycles. The van der Waals surface area contributed by atoms with Gasteiger partial charge in [-0.1, -0.05) is 52.7 Å². The lowest BCUT2D eigenvalue weighted by molar-refractivity contribution is -0.116. The Kier molecular flexibility index (Phi) is 4.48. The van der Waals surface area contributed by atoms with Crippen LogP contribution in [0.1, 0.15) is 19.4 Å². The summed E-state index contributed by atoms with van der Waals surface area (Å²) in [6.07, 6.45) is 0. The third-order valence-electron chi connectivity index (χ3n) is 2.73. The third kappa shape index (κ3) is 3.27. The molecule has 0 radical (unpaired) electrons. The van der Waals surface area contributed by atoms with Crippen molar-refractivity contribution in [3.05, 3.63) is 22.7 Å². The summed E-state index contributed by atoms with van der Waals surface area (Å²) < 4.78 is 1.02. The van der Waals surface area contributed by atoms with Crippen LogP contribution in [0.3, 0.4) is 0 Å². The number of amides is 1. The van der Waals surface area contributed by atoms with Gasteiger partial charge in [0, 0.05) is 5.02 Å². The largest absolute Gasteiger partial charge is 0.301 e. The van der Waals surface area contributed by atoms with E-state index in [1.54, 1.807) is 0 Å². The minimum Gasteiger partial charge on any atom is -0.301 e. The lowest BCUT2D eigenvalue weighted by Gasteiger charge is -2.11. The second-order valence-electron chi connectivity index (χ2n) is 4.72. The molecule has 0 unspecified atom stereocenters. The van der Waals surface area contributed by atoms with E-state index in [9.17, 15) is 4.79 Å². The average Bonchev–Trinajstić information content (AvgIpc) is 2.69. The first kappa shape index (κ1) is 14.8. The molecular weight excluding hydrogens is 348 g/mol. The first-order chi connectivity index (χ1) is 8.88. The van der Waals surface area contributed by atoms with Gasteiger partial charge >= 0.3 is 0 Å². The maximum Gasteiger partial charge on any atom is 0.240 e. The number of halogens is 2. The van der Waals surface area contributed by atoms with E-state index in [4.69, 9.17) is 11.6 Å². The molecule has 0 aliphatic rings. The second kappa shape index (κ2) is 5.77. The highest BCUT2D eigenvalue weighted by Gasteiger charge is 2.19. The highest BCUT2D eigenvalue weighted by molar-refractivity contribution is 9.10. The van der Waals surface area contributed by atoms with E-state index in [1.165, 1.54) is 11.3 Å². The normalized spacial score (nSPS) is 12.9. The molecule has 1 heterocycles. The molecule has 0 spiro atoms. The zero-order valence-corrected chi connectivity index (χ0v) is 14.0. The Hall–Kier alpha value is -0.650. The summed E-state index contributed by atoms with van der Waals surface area (Å²) in [5.41, 5.74) is 1.82. The van der Waals surface area contributed by atoms with E-state index in [0.29, 0.717) is 10.2 Å². The molecule has 102 valence electrons. The zero-order valence-electron chi connectivity index (χ0n) is 10.8. The molecule has 1 aromatic carbocycles. The number of fused-ring (bicyclic) bond motifs is 1. The SMILES string of the molecule is Cc1cc2sc(NC(=O)[C@@H](Br)C(C)C)nc2cc1Cl. The number of rotatable bonds is 3. The van der Waals surface area contributed by atoms with Crippen molar-refractivity contribution in [1.29, 1.82) is 0 Å². The molecule has 1 N–H and O–H groups in total. The number of aryl methyl sites for hydroxylation is 1. The van der Waals surface area contributed by atoms with Crippen LogP contribution in [0.2, 0.25) is 5.02 Å². The van der Waals surface area contributed by atoms with Gasteiger partial charge in [0.1, 0.15) is 0 Å². The summed E-state index contributed by atoms with van der Waals surface area (Å²) in [6, 6.07) is 3.81. The van der Waals surface area contributed by atoms with Crippen LogP contribution in [-0.2, 0) is 4.79 Å². The zero-order chi connectivity index (χ0) is 14.2. The van der Waals surface area contributed by atoms with Gasteiger partial charge in [-0.05, 0) is 30.5 Å². The topological polar surface area (TPSA) is 42.0 Å². The summed E-state index contributed by atoms with van der Waals surface area (Å²) in [6.45, 7) is 5.92. The Balaban J connectivity index is 2.25. The Bertz CT molecular complexity index is 587. The van der Waals surface area contributed by atoms with Crippen LogP contribution in [0.25, 0.3) is 10.2 Å². The molecule has 0 aliphatic heterocycles. The molecule has 2 aromatic rings. The fourth-order valence-corrected chi connectivity index (χ4v) is 2.80. The number of aromatic nitrogens is 1. The number of hydrogen-bond acceptors (Lipinski definition) is 3. The first-order valence-corrected chi connectivity index (χ1v) is 8.01. The van der Waals surface area contributed by atoms with Gasteiger partial charge < -0.3 is 5.32 Å². The number of hydrogen-bond donors (Lipinski definition) is 1. The molecule has 0 bridgehead atoms. The highest BCUT2D eigenvalue weighted by Crippen LogP contribution is 2.30. The van der Waals surface area contributed by atoms with Crippen molar-refractivity contribution in [2.75, 3.05) is 5.32 Å². The van der Waals surface area contributed by atoms with Gasteiger partial charge in [-0.25, -0.2) is 4.98 Å². The van der Waals surface area contributed by atoms with Crippen LogP contribution < -0.4 is 5.32 Å². The number of nitrogens with one attached hydrogen (secondary N) is 1. The molecule has 3 nitrogen and oxygen atoms in total. The fourth-order valence-electron chi connectivity index (χ4n) is 1.58. The smallest absolute Gasteiger partial charge is 0.240 e. The predicted molar refractivity (Wildman–Crippen MR) is 85.5 cm³/mol. The summed E-state index contributed by atoms with van der Waals surface area (Å²) >= 11 is 10.9. The van der Waals surface area contributed by atoms with Gasteiger partial charge in [-0.15, -0.1) is 0 Å². The quantitative estimate of drug-likeness (QED) is 0.811. The molecule has 2 rings (SSSR count). The number of anilines is 1. The summed E-state index contributed by atoms with van der Waals surface area (Å²) in [5, 5.41) is 4.12. The van der Waals surface area contributed by atoms with E-state index in [0.717, 1.165) is 15.8 Å². The van der Waals surface area contributed by atoms with E-state index < -0.39 is 0 Å². The lowest BCUT2D eigenvalue weighted by Crippen LogP contribution is -2.26. The molecule has 0 saturated carbocycles. The number of thiazole rings is 1. The van der Waals surface area contributed by atoms with Gasteiger partial charge in [-0.2, -0.15) is 0 Å². The van der Waals surface area contributed by atoms with Crippen molar-refractivity contribution in [3.63, 3.8) is 0 Å². The molecule has 1 aromatic heterocycles. The summed E-state index contributed by atoms with van der Waals surface area (Å²) in [5.74, 6) is 0.156. The molecule has 0 fully saturated rings. The Morgan fingerprint density at radius 3 is 2.79 bits per heavy atom. The predicted octanol–water partition coefficient (Wildman–Crippen LogP) is 4.62. The Morgan fingerprint density at radius 1 is 1.47 bits per heavy atom. The van der Waals surface area contributed by atoms with Crippen molar-refractivity contribution >= 4 is 60.1 Å². The van der Waals surface area contributed by atoms with E-state index in [1.807, 2.05) is 32.9 Å². The maximum atomic E-state index is 11.9. The maximum absolute atomic E-state index is 11.9. The number of alkyl halides is 1. The van der Waals surface area contributed by atoms with Crippen LogP contribution in [0.4, 0.5) is 5.13 Å². The molecule has 1 amide bonds. The van der Waals surface area contributed by atoms with Gasteiger partial charge in [0.05, 0.1) is 15.0 Å². The van der Waals surface area contributed by atoms with Crippen molar-refractivity contribution in [2.24, 2.45) is 5.92 Å². The van der Waals surface area contributed by atoms with E-state index in [-0.39, 0.29) is 16.7 Å². The molecule has 19 heavy (non-hydrogen) atoms. The highest BCUT2D eigenvalue weighted by atomic mass is 79.9. The number of carbonyl (C=O) groups excluding carboxylic acids is 1. The van der Waals surface area contributed by atoms with Gasteiger partial charge in [-0.3, -0.25) is 4.79 Å². The van der Waals surface area contributed by atoms with Crippen LogP contribution in [0, 0.1) is 12.8 Å². The van der Waals surface area contributed by atoms with Crippen molar-refractivity contribution in [3.8, 4) is 0 Å². The van der Waals surface area contributed by atoms with Crippen LogP contribution >= 0.6 is 38.9 Å². The average molecular weight is 362 g/mol. The minimum atomic E-state index is -0.218. The number of nitrogens with zero attached hydrogens (tertiary/aromatic N) is 1. The minimum absolute atomic E-state index is 0.0723. The lowest BCUT2D eigenvalue weighted by atomic mass is 10.1. The standard InChI is InChI=1S/C13H14BrClN2OS/c1-6(2)11(14)12(18)17-13-16-9-5-8(15)7(3)4-10(9)19-13/h4-6,11H,1-3H3,(H,16,17,18)/t11-/m0/s1. The molecule has 6 heteroatoms. The van der Waals surface area contributed by atoms with Crippen LogP contribution in [0.15, 0.2) is 12.1 Å². The van der Waals surface area contributed by atoms with Gasteiger partial charge in [0.25, 0.3) is 0 Å². The Morgan fingerprint density at radius 2 is 2.16 bits per heavy atom. The second-order valence-corrected chi connectivity index (χ2v) is 7.15. The van der Waals surface area contributed by atoms with Crippen LogP contribution in [-0.4, -0.2) is 15.7 Å². The van der Waals surface area contributed by atoms with Crippen molar-refractivity contribution < 1.29 is 4.79 Å². The van der Waals surface area contributed by atoms with E-state index in [2.05, 4.69) is 26.2 Å². The fraction of sp³-hybridized carbons (Fsp3) is 0.385. The molecule has 1 atom stereocenters. The first-order valence-electron chi connectivity index (χ1n) is 5.90. The third-order valence-corrected chi connectivity index (χ3v) is 5.55. The summed E-state index contributed by atoms with van der Waals surface area (Å²) in [4.78, 5) is 16.1. The number of benzene rings is 1. The number of carbonyl (C=O) groups is 1. The van der Waals surface area contributed by atoms with Crippen LogP contribution in [0.5, 0.6) is 0 Å². The molecule has 0 aliphatic carbocycles. The van der Waals surface area contributed by atoms with Crippen molar-refractivity contribution in [2.45, 2.75) is 25.6 Å². The monoisotopic (exact) mass is 360 g/mol. The van der Waals surface area contributed by atoms with Gasteiger partial charge in [0.2, 0.25) is 5.91 Å². The molecular formula is C13H14BrClN2OS. The van der Waals surface area contributed by atoms with Gasteiger partial charge in [0.15, 0.2) is 5.13 Å². The Labute approximate surface area is 129 Å². The summed E-state index contributed by atoms with van der Waals surface area (Å²) in [7, 11) is 0.